The van der Waals surface area contributed by atoms with E-state index in [1.165, 1.54) is 52.1 Å². The zero-order chi connectivity index (χ0) is 21.9. The standard InChI is InChI=1S/C23H44N2O4/c1-5-6-7-8-9-10-11-12-13-15-21(26)25-20(18-19(2)3)23(28)24-17-14-16-22(27)29-4/h19-20H,5-18H2,1-4H3,(H,24,28)(H,25,26)/t20-/m0/s1. The van der Waals surface area contributed by atoms with E-state index in [9.17, 15) is 14.4 Å². The summed E-state index contributed by atoms with van der Waals surface area (Å²) >= 11 is 0. The summed E-state index contributed by atoms with van der Waals surface area (Å²) < 4.78 is 4.59. The Balaban J connectivity index is 4.04. The van der Waals surface area contributed by atoms with Gasteiger partial charge >= 0.3 is 5.97 Å². The fraction of sp³-hybridized carbons (Fsp3) is 0.870. The summed E-state index contributed by atoms with van der Waals surface area (Å²) in [5, 5.41) is 5.71. The van der Waals surface area contributed by atoms with Crippen LogP contribution in [0.5, 0.6) is 0 Å². The molecule has 0 radical (unpaired) electrons. The van der Waals surface area contributed by atoms with Crippen LogP contribution in [-0.4, -0.2) is 37.5 Å². The number of hydrogen-bond donors (Lipinski definition) is 2. The van der Waals surface area contributed by atoms with E-state index >= 15 is 0 Å². The van der Waals surface area contributed by atoms with E-state index in [2.05, 4.69) is 22.3 Å². The minimum absolute atomic E-state index is 0.0525. The van der Waals surface area contributed by atoms with Crippen molar-refractivity contribution in [2.75, 3.05) is 13.7 Å². The van der Waals surface area contributed by atoms with Crippen molar-refractivity contribution in [3.8, 4) is 0 Å². The molecule has 0 bridgehead atoms. The minimum atomic E-state index is -0.515. The van der Waals surface area contributed by atoms with Gasteiger partial charge in [0.15, 0.2) is 0 Å². The van der Waals surface area contributed by atoms with Gasteiger partial charge in [-0.15, -0.1) is 0 Å². The molecule has 0 aliphatic heterocycles. The van der Waals surface area contributed by atoms with Gasteiger partial charge < -0.3 is 15.4 Å². The van der Waals surface area contributed by atoms with Gasteiger partial charge in [-0.1, -0.05) is 72.1 Å². The van der Waals surface area contributed by atoms with Crippen LogP contribution in [0.1, 0.15) is 104 Å². The molecule has 0 rings (SSSR count). The largest absolute Gasteiger partial charge is 0.469 e. The zero-order valence-electron chi connectivity index (χ0n) is 19.2. The van der Waals surface area contributed by atoms with Crippen LogP contribution in [-0.2, 0) is 19.1 Å². The number of carbonyl (C=O) groups is 3. The molecule has 29 heavy (non-hydrogen) atoms. The van der Waals surface area contributed by atoms with Crippen molar-refractivity contribution in [3.05, 3.63) is 0 Å². The predicted molar refractivity (Wildman–Crippen MR) is 117 cm³/mol. The lowest BCUT2D eigenvalue weighted by atomic mass is 10.0. The first-order chi connectivity index (χ1) is 13.9. The number of nitrogens with one attached hydrogen (secondary N) is 2. The van der Waals surface area contributed by atoms with Crippen molar-refractivity contribution in [3.63, 3.8) is 0 Å². The summed E-state index contributed by atoms with van der Waals surface area (Å²) in [4.78, 5) is 35.8. The van der Waals surface area contributed by atoms with Crippen LogP contribution in [0.2, 0.25) is 0 Å². The second-order valence-corrected chi connectivity index (χ2v) is 8.30. The van der Waals surface area contributed by atoms with Crippen molar-refractivity contribution < 1.29 is 19.1 Å². The number of rotatable bonds is 18. The first-order valence-electron chi connectivity index (χ1n) is 11.5. The van der Waals surface area contributed by atoms with E-state index < -0.39 is 6.04 Å². The van der Waals surface area contributed by atoms with Crippen molar-refractivity contribution in [1.29, 1.82) is 0 Å². The molecule has 1 atom stereocenters. The molecule has 0 aromatic heterocycles. The predicted octanol–water partition coefficient (Wildman–Crippen LogP) is 4.51. The van der Waals surface area contributed by atoms with E-state index in [1.807, 2.05) is 13.8 Å². The molecule has 0 saturated carbocycles. The Bertz CT molecular complexity index is 452. The smallest absolute Gasteiger partial charge is 0.305 e. The van der Waals surface area contributed by atoms with Gasteiger partial charge in [-0.05, 0) is 25.2 Å². The topological polar surface area (TPSA) is 84.5 Å². The average molecular weight is 413 g/mol. The summed E-state index contributed by atoms with van der Waals surface area (Å²) in [5.41, 5.74) is 0. The van der Waals surface area contributed by atoms with Crippen molar-refractivity contribution in [2.45, 2.75) is 110 Å². The van der Waals surface area contributed by atoms with Crippen LogP contribution in [0.25, 0.3) is 0 Å². The summed E-state index contributed by atoms with van der Waals surface area (Å²) in [5.74, 6) is -0.214. The number of unbranched alkanes of at least 4 members (excludes halogenated alkanes) is 8. The molecule has 2 amide bonds. The zero-order valence-corrected chi connectivity index (χ0v) is 19.2. The molecule has 0 heterocycles. The Labute approximate surface area is 177 Å². The summed E-state index contributed by atoms with van der Waals surface area (Å²) in [6, 6.07) is -0.515. The van der Waals surface area contributed by atoms with Crippen LogP contribution in [0.4, 0.5) is 0 Å². The van der Waals surface area contributed by atoms with Crippen molar-refractivity contribution in [1.82, 2.24) is 10.6 Å². The summed E-state index contributed by atoms with van der Waals surface area (Å²) in [6.07, 6.45) is 12.8. The van der Waals surface area contributed by atoms with Crippen LogP contribution in [0, 0.1) is 5.92 Å². The summed E-state index contributed by atoms with van der Waals surface area (Å²) in [6.45, 7) is 6.69. The third-order valence-corrected chi connectivity index (χ3v) is 4.95. The molecule has 0 aromatic rings. The third-order valence-electron chi connectivity index (χ3n) is 4.95. The molecular formula is C23H44N2O4. The first kappa shape index (κ1) is 27.4. The van der Waals surface area contributed by atoms with Crippen LogP contribution in [0.15, 0.2) is 0 Å². The number of amides is 2. The molecule has 6 nitrogen and oxygen atoms in total. The molecule has 2 N–H and O–H groups in total. The Kier molecular flexibility index (Phi) is 17.4. The van der Waals surface area contributed by atoms with Gasteiger partial charge in [0, 0.05) is 19.4 Å². The Hall–Kier alpha value is -1.59. The molecule has 170 valence electrons. The van der Waals surface area contributed by atoms with Gasteiger partial charge in [-0.3, -0.25) is 14.4 Å². The van der Waals surface area contributed by atoms with Crippen LogP contribution >= 0.6 is 0 Å². The lowest BCUT2D eigenvalue weighted by molar-refractivity contribution is -0.140. The number of methoxy groups -OCH3 is 1. The molecule has 0 saturated heterocycles. The molecule has 0 aliphatic rings. The second-order valence-electron chi connectivity index (χ2n) is 8.30. The number of hydrogen-bond acceptors (Lipinski definition) is 4. The molecule has 0 aromatic carbocycles. The highest BCUT2D eigenvalue weighted by molar-refractivity contribution is 5.87. The summed E-state index contributed by atoms with van der Waals surface area (Å²) in [7, 11) is 1.35. The monoisotopic (exact) mass is 412 g/mol. The maximum Gasteiger partial charge on any atom is 0.305 e. The fourth-order valence-corrected chi connectivity index (χ4v) is 3.24. The van der Waals surface area contributed by atoms with E-state index in [4.69, 9.17) is 0 Å². The number of esters is 1. The van der Waals surface area contributed by atoms with E-state index in [1.54, 1.807) is 0 Å². The average Bonchev–Trinajstić information content (AvgIpc) is 2.68. The van der Waals surface area contributed by atoms with Gasteiger partial charge in [0.25, 0.3) is 0 Å². The first-order valence-corrected chi connectivity index (χ1v) is 11.5. The lowest BCUT2D eigenvalue weighted by Crippen LogP contribution is -2.47. The maximum absolute atomic E-state index is 12.4. The highest BCUT2D eigenvalue weighted by Crippen LogP contribution is 2.11. The molecule has 0 spiro atoms. The lowest BCUT2D eigenvalue weighted by Gasteiger charge is -2.20. The van der Waals surface area contributed by atoms with Crippen LogP contribution < -0.4 is 10.6 Å². The maximum atomic E-state index is 12.4. The Morgan fingerprint density at radius 3 is 1.97 bits per heavy atom. The Morgan fingerprint density at radius 2 is 1.41 bits per heavy atom. The van der Waals surface area contributed by atoms with Gasteiger partial charge in [0.1, 0.15) is 6.04 Å². The van der Waals surface area contributed by atoms with E-state index in [0.717, 1.165) is 12.8 Å². The highest BCUT2D eigenvalue weighted by atomic mass is 16.5. The van der Waals surface area contributed by atoms with Gasteiger partial charge in [-0.25, -0.2) is 0 Å². The van der Waals surface area contributed by atoms with Crippen molar-refractivity contribution >= 4 is 17.8 Å². The van der Waals surface area contributed by atoms with Crippen LogP contribution in [0.3, 0.4) is 0 Å². The molecule has 0 aliphatic carbocycles. The van der Waals surface area contributed by atoms with Gasteiger partial charge in [0.05, 0.1) is 7.11 Å². The van der Waals surface area contributed by atoms with Gasteiger partial charge in [-0.2, -0.15) is 0 Å². The second kappa shape index (κ2) is 18.4. The molecule has 0 fully saturated rings. The normalized spacial score (nSPS) is 11.9. The van der Waals surface area contributed by atoms with E-state index in [-0.39, 0.29) is 24.2 Å². The Morgan fingerprint density at radius 1 is 0.828 bits per heavy atom. The van der Waals surface area contributed by atoms with E-state index in [0.29, 0.717) is 31.7 Å². The highest BCUT2D eigenvalue weighted by Gasteiger charge is 2.21. The SMILES string of the molecule is CCCCCCCCCCCC(=O)N[C@@H](CC(C)C)C(=O)NCCCC(=O)OC. The van der Waals surface area contributed by atoms with Gasteiger partial charge in [0.2, 0.25) is 11.8 Å². The molecule has 0 unspecified atom stereocenters. The molecular weight excluding hydrogens is 368 g/mol. The minimum Gasteiger partial charge on any atom is -0.469 e. The number of ether oxygens (including phenoxy) is 1. The van der Waals surface area contributed by atoms with Crippen molar-refractivity contribution in [2.24, 2.45) is 5.92 Å². The number of carbonyl (C=O) groups excluding carboxylic acids is 3. The quantitative estimate of drug-likeness (QED) is 0.256. The third kappa shape index (κ3) is 17.0. The fourth-order valence-electron chi connectivity index (χ4n) is 3.24. The molecule has 6 heteroatoms.